The Morgan fingerprint density at radius 1 is 1.26 bits per heavy atom. The van der Waals surface area contributed by atoms with Crippen LogP contribution in [0.5, 0.6) is 0 Å². The molecule has 1 spiro atoms. The van der Waals surface area contributed by atoms with E-state index in [0.29, 0.717) is 19.8 Å². The number of hydrogen-bond donors (Lipinski definition) is 1. The van der Waals surface area contributed by atoms with Gasteiger partial charge in [0.15, 0.2) is 0 Å². The van der Waals surface area contributed by atoms with Crippen molar-refractivity contribution in [1.82, 2.24) is 14.9 Å². The summed E-state index contributed by atoms with van der Waals surface area (Å²) < 4.78 is 5.42. The maximum absolute atomic E-state index is 13.1. The van der Waals surface area contributed by atoms with E-state index in [4.69, 9.17) is 9.72 Å². The molecule has 6 nitrogen and oxygen atoms in total. The monoisotopic (exact) mass is 373 g/mol. The summed E-state index contributed by atoms with van der Waals surface area (Å²) in [6.07, 6.45) is 5.33. The average molecular weight is 373 g/mol. The predicted octanol–water partition coefficient (Wildman–Crippen LogP) is 2.30. The minimum absolute atomic E-state index is 0.00896. The fourth-order valence-electron chi connectivity index (χ4n) is 4.93. The van der Waals surface area contributed by atoms with E-state index in [1.54, 1.807) is 0 Å². The van der Waals surface area contributed by atoms with Crippen molar-refractivity contribution >= 4 is 5.91 Å². The van der Waals surface area contributed by atoms with E-state index in [0.717, 1.165) is 62.2 Å². The number of carbonyl (C=O) groups is 1. The largest absolute Gasteiger partial charge is 0.381 e. The summed E-state index contributed by atoms with van der Waals surface area (Å²) in [5, 5.41) is 0. The van der Waals surface area contributed by atoms with Gasteiger partial charge in [0, 0.05) is 48.6 Å². The van der Waals surface area contributed by atoms with Gasteiger partial charge < -0.3 is 14.6 Å². The topological polar surface area (TPSA) is 75.3 Å². The number of rotatable bonds is 1. The first kappa shape index (κ1) is 18.7. The first-order valence-electron chi connectivity index (χ1n) is 10.3. The van der Waals surface area contributed by atoms with E-state index in [-0.39, 0.29) is 28.2 Å². The molecule has 0 radical (unpaired) electrons. The molecule has 1 aromatic heterocycles. The molecule has 0 bridgehead atoms. The molecule has 0 aromatic carbocycles. The van der Waals surface area contributed by atoms with E-state index in [2.05, 4.69) is 25.8 Å². The summed E-state index contributed by atoms with van der Waals surface area (Å²) in [4.78, 5) is 35.8. The van der Waals surface area contributed by atoms with Crippen LogP contribution in [0.25, 0.3) is 0 Å². The lowest BCUT2D eigenvalue weighted by Gasteiger charge is -2.42. The van der Waals surface area contributed by atoms with Gasteiger partial charge in [0.1, 0.15) is 5.82 Å². The second-order valence-corrected chi connectivity index (χ2v) is 9.52. The smallest absolute Gasteiger partial charge is 0.254 e. The highest BCUT2D eigenvalue weighted by molar-refractivity contribution is 5.79. The predicted molar refractivity (Wildman–Crippen MR) is 103 cm³/mol. The Bertz CT molecular complexity index is 789. The molecule has 2 saturated heterocycles. The molecule has 4 rings (SSSR count). The third-order valence-corrected chi connectivity index (χ3v) is 6.54. The summed E-state index contributed by atoms with van der Waals surface area (Å²) in [7, 11) is 0. The van der Waals surface area contributed by atoms with Crippen molar-refractivity contribution in [3.8, 4) is 0 Å². The molecule has 1 amide bonds. The standard InChI is InChI=1S/C21H31N3O3/c1-20(2,3)19-22-16-15(17(25)23-19)5-9-21(16)8-4-10-24(13-21)18(26)14-6-11-27-12-7-14/h14H,4-13H2,1-3H3,(H,22,23,25). The van der Waals surface area contributed by atoms with Crippen molar-refractivity contribution in [2.24, 2.45) is 5.92 Å². The van der Waals surface area contributed by atoms with Crippen LogP contribution in [0.3, 0.4) is 0 Å². The molecule has 1 N–H and O–H groups in total. The second-order valence-electron chi connectivity index (χ2n) is 9.52. The minimum atomic E-state index is -0.204. The SMILES string of the molecule is CC(C)(C)c1nc2c(c(=O)[nH]1)CCC21CCCN(C(=O)C2CCOCC2)C1. The van der Waals surface area contributed by atoms with Crippen molar-refractivity contribution in [3.63, 3.8) is 0 Å². The van der Waals surface area contributed by atoms with Crippen LogP contribution < -0.4 is 5.56 Å². The van der Waals surface area contributed by atoms with Crippen LogP contribution in [0.2, 0.25) is 0 Å². The highest BCUT2D eigenvalue weighted by Gasteiger charge is 2.46. The maximum Gasteiger partial charge on any atom is 0.254 e. The van der Waals surface area contributed by atoms with Crippen LogP contribution in [0.15, 0.2) is 4.79 Å². The van der Waals surface area contributed by atoms with Gasteiger partial charge in [0.05, 0.1) is 5.69 Å². The molecule has 2 aliphatic heterocycles. The van der Waals surface area contributed by atoms with Gasteiger partial charge >= 0.3 is 0 Å². The quantitative estimate of drug-likeness (QED) is 0.820. The number of likely N-dealkylation sites (tertiary alicyclic amines) is 1. The molecule has 3 aliphatic rings. The number of piperidine rings is 1. The van der Waals surface area contributed by atoms with Crippen LogP contribution in [-0.4, -0.2) is 47.1 Å². The van der Waals surface area contributed by atoms with Crippen molar-refractivity contribution in [3.05, 3.63) is 27.4 Å². The summed E-state index contributed by atoms with van der Waals surface area (Å²) in [5.74, 6) is 1.11. The van der Waals surface area contributed by atoms with Crippen LogP contribution in [0.4, 0.5) is 0 Å². The van der Waals surface area contributed by atoms with Gasteiger partial charge in [-0.25, -0.2) is 4.98 Å². The number of H-pyrrole nitrogens is 1. The second kappa shape index (κ2) is 6.73. The Hall–Kier alpha value is -1.69. The van der Waals surface area contributed by atoms with Crippen LogP contribution >= 0.6 is 0 Å². The molecule has 2 fully saturated rings. The summed E-state index contributed by atoms with van der Waals surface area (Å²) in [6, 6.07) is 0. The third-order valence-electron chi connectivity index (χ3n) is 6.54. The maximum atomic E-state index is 13.1. The Kier molecular flexibility index (Phi) is 4.65. The molecular formula is C21H31N3O3. The zero-order valence-electron chi connectivity index (χ0n) is 16.8. The fourth-order valence-corrected chi connectivity index (χ4v) is 4.93. The van der Waals surface area contributed by atoms with Crippen LogP contribution in [0.1, 0.15) is 70.0 Å². The number of fused-ring (bicyclic) bond motifs is 2. The molecular weight excluding hydrogens is 342 g/mol. The average Bonchev–Trinajstić information content (AvgIpc) is 3.00. The lowest BCUT2D eigenvalue weighted by atomic mass is 9.77. The van der Waals surface area contributed by atoms with E-state index in [1.807, 2.05) is 4.90 Å². The highest BCUT2D eigenvalue weighted by Crippen LogP contribution is 2.43. The molecule has 1 aromatic rings. The van der Waals surface area contributed by atoms with Gasteiger partial charge in [-0.3, -0.25) is 9.59 Å². The number of hydrogen-bond acceptors (Lipinski definition) is 4. The number of aromatic nitrogens is 2. The zero-order valence-corrected chi connectivity index (χ0v) is 16.8. The number of nitrogens with one attached hydrogen (secondary N) is 1. The number of amides is 1. The summed E-state index contributed by atoms with van der Waals surface area (Å²) >= 11 is 0. The number of nitrogens with zero attached hydrogens (tertiary/aromatic N) is 2. The van der Waals surface area contributed by atoms with E-state index in [1.165, 1.54) is 0 Å². The number of ether oxygens (including phenoxy) is 1. The first-order valence-corrected chi connectivity index (χ1v) is 10.3. The lowest BCUT2D eigenvalue weighted by molar-refractivity contribution is -0.140. The fraction of sp³-hybridized carbons (Fsp3) is 0.762. The van der Waals surface area contributed by atoms with E-state index >= 15 is 0 Å². The Balaban J connectivity index is 1.64. The van der Waals surface area contributed by atoms with Crippen LogP contribution in [0, 0.1) is 5.92 Å². The summed E-state index contributed by atoms with van der Waals surface area (Å²) in [5.41, 5.74) is 1.45. The zero-order chi connectivity index (χ0) is 19.2. The van der Waals surface area contributed by atoms with E-state index in [9.17, 15) is 9.59 Å². The molecule has 1 aliphatic carbocycles. The van der Waals surface area contributed by atoms with Crippen LogP contribution in [-0.2, 0) is 26.8 Å². The van der Waals surface area contributed by atoms with Gasteiger partial charge in [-0.05, 0) is 38.5 Å². The van der Waals surface area contributed by atoms with Crippen molar-refractivity contribution in [2.75, 3.05) is 26.3 Å². The van der Waals surface area contributed by atoms with Crippen molar-refractivity contribution in [1.29, 1.82) is 0 Å². The molecule has 148 valence electrons. The van der Waals surface area contributed by atoms with E-state index < -0.39 is 0 Å². The number of aromatic amines is 1. The first-order chi connectivity index (χ1) is 12.8. The molecule has 27 heavy (non-hydrogen) atoms. The van der Waals surface area contributed by atoms with Gasteiger partial charge in [-0.15, -0.1) is 0 Å². The molecule has 6 heteroatoms. The van der Waals surface area contributed by atoms with Crippen molar-refractivity contribution < 1.29 is 9.53 Å². The normalized spacial score (nSPS) is 26.4. The third kappa shape index (κ3) is 3.33. The molecule has 1 unspecified atom stereocenters. The summed E-state index contributed by atoms with van der Waals surface area (Å²) in [6.45, 7) is 9.11. The molecule has 3 heterocycles. The highest BCUT2D eigenvalue weighted by atomic mass is 16.5. The van der Waals surface area contributed by atoms with Gasteiger partial charge in [-0.2, -0.15) is 0 Å². The Morgan fingerprint density at radius 3 is 2.70 bits per heavy atom. The van der Waals surface area contributed by atoms with Gasteiger partial charge in [0.2, 0.25) is 5.91 Å². The lowest BCUT2D eigenvalue weighted by Crippen LogP contribution is -2.50. The number of carbonyl (C=O) groups excluding carboxylic acids is 1. The van der Waals surface area contributed by atoms with Gasteiger partial charge in [-0.1, -0.05) is 20.8 Å². The molecule has 1 atom stereocenters. The Morgan fingerprint density at radius 2 is 2.00 bits per heavy atom. The minimum Gasteiger partial charge on any atom is -0.381 e. The van der Waals surface area contributed by atoms with Crippen molar-refractivity contribution in [2.45, 2.75) is 70.1 Å². The van der Waals surface area contributed by atoms with Gasteiger partial charge in [0.25, 0.3) is 5.56 Å². The Labute approximate surface area is 160 Å². The molecule has 0 saturated carbocycles.